The molecule has 1 aliphatic carbocycles. The molecule has 4 heteroatoms. The van der Waals surface area contributed by atoms with Crippen molar-refractivity contribution in [1.29, 1.82) is 0 Å². The summed E-state index contributed by atoms with van der Waals surface area (Å²) in [7, 11) is 0. The zero-order valence-electron chi connectivity index (χ0n) is 13.9. The number of aromatic nitrogens is 1. The van der Waals surface area contributed by atoms with Crippen molar-refractivity contribution >= 4 is 0 Å². The molecular formula is C17H31N3O. The summed E-state index contributed by atoms with van der Waals surface area (Å²) in [5.74, 6) is 1.67. The lowest BCUT2D eigenvalue weighted by atomic mass is 9.94. The number of hydrogen-bond acceptors (Lipinski definition) is 4. The van der Waals surface area contributed by atoms with Crippen LogP contribution in [0.5, 0.6) is 0 Å². The fraction of sp³-hybridized carbons (Fsp3) is 0.824. The van der Waals surface area contributed by atoms with E-state index in [1.165, 1.54) is 32.1 Å². The highest BCUT2D eigenvalue weighted by Gasteiger charge is 2.21. The first kappa shape index (κ1) is 16.5. The van der Waals surface area contributed by atoms with Crippen LogP contribution in [-0.2, 0) is 13.1 Å². The fourth-order valence-corrected chi connectivity index (χ4v) is 3.15. The SMILES string of the molecule is CCN(Cc1cc(CNCC(C)C)no1)C1CCCCC1. The molecule has 0 aliphatic heterocycles. The summed E-state index contributed by atoms with van der Waals surface area (Å²) in [6, 6.07) is 2.84. The van der Waals surface area contributed by atoms with Gasteiger partial charge in [0.2, 0.25) is 0 Å². The van der Waals surface area contributed by atoms with Crippen LogP contribution in [0.2, 0.25) is 0 Å². The normalized spacial score (nSPS) is 17.0. The Morgan fingerprint density at radius 2 is 2.10 bits per heavy atom. The third-order valence-corrected chi connectivity index (χ3v) is 4.32. The summed E-state index contributed by atoms with van der Waals surface area (Å²) in [5, 5.41) is 7.59. The quantitative estimate of drug-likeness (QED) is 0.795. The molecule has 0 unspecified atom stereocenters. The Kier molecular flexibility index (Phi) is 6.71. The van der Waals surface area contributed by atoms with Gasteiger partial charge in [-0.1, -0.05) is 45.2 Å². The summed E-state index contributed by atoms with van der Waals surface area (Å²) in [6.07, 6.45) is 6.83. The van der Waals surface area contributed by atoms with Gasteiger partial charge < -0.3 is 9.84 Å². The molecular weight excluding hydrogens is 262 g/mol. The van der Waals surface area contributed by atoms with Crippen molar-refractivity contribution in [3.05, 3.63) is 17.5 Å². The first-order chi connectivity index (χ1) is 10.2. The number of hydrogen-bond donors (Lipinski definition) is 1. The molecule has 0 bridgehead atoms. The van der Waals surface area contributed by atoms with E-state index in [0.29, 0.717) is 5.92 Å². The van der Waals surface area contributed by atoms with Crippen LogP contribution in [-0.4, -0.2) is 29.2 Å². The molecule has 1 aliphatic rings. The predicted octanol–water partition coefficient (Wildman–Crippen LogP) is 3.57. The lowest BCUT2D eigenvalue weighted by molar-refractivity contribution is 0.141. The molecule has 0 aromatic carbocycles. The molecule has 4 nitrogen and oxygen atoms in total. The Morgan fingerprint density at radius 3 is 2.76 bits per heavy atom. The maximum absolute atomic E-state index is 5.51. The maximum atomic E-state index is 5.51. The van der Waals surface area contributed by atoms with Crippen LogP contribution in [0.1, 0.15) is 64.3 Å². The molecule has 1 saturated carbocycles. The molecule has 1 aromatic rings. The Balaban J connectivity index is 1.82. The van der Waals surface area contributed by atoms with Crippen molar-refractivity contribution in [1.82, 2.24) is 15.4 Å². The fourth-order valence-electron chi connectivity index (χ4n) is 3.15. The molecule has 1 heterocycles. The Labute approximate surface area is 129 Å². The Morgan fingerprint density at radius 1 is 1.33 bits per heavy atom. The summed E-state index contributed by atoms with van der Waals surface area (Å²) >= 11 is 0. The van der Waals surface area contributed by atoms with Gasteiger partial charge in [0.15, 0.2) is 5.76 Å². The zero-order valence-corrected chi connectivity index (χ0v) is 13.9. The van der Waals surface area contributed by atoms with Crippen molar-refractivity contribution in [2.24, 2.45) is 5.92 Å². The second-order valence-electron chi connectivity index (χ2n) is 6.66. The largest absolute Gasteiger partial charge is 0.360 e. The monoisotopic (exact) mass is 293 g/mol. The van der Waals surface area contributed by atoms with Gasteiger partial charge in [0, 0.05) is 18.7 Å². The highest BCUT2D eigenvalue weighted by Crippen LogP contribution is 2.24. The highest BCUT2D eigenvalue weighted by molar-refractivity contribution is 5.05. The van der Waals surface area contributed by atoms with E-state index in [4.69, 9.17) is 4.52 Å². The number of nitrogens with zero attached hydrogens (tertiary/aromatic N) is 2. The Hall–Kier alpha value is -0.870. The van der Waals surface area contributed by atoms with Crippen LogP contribution in [0, 0.1) is 5.92 Å². The molecule has 0 spiro atoms. The van der Waals surface area contributed by atoms with Crippen LogP contribution >= 0.6 is 0 Å². The van der Waals surface area contributed by atoms with Crippen LogP contribution in [0.25, 0.3) is 0 Å². The van der Waals surface area contributed by atoms with E-state index in [-0.39, 0.29) is 0 Å². The van der Waals surface area contributed by atoms with Crippen LogP contribution in [0.3, 0.4) is 0 Å². The maximum Gasteiger partial charge on any atom is 0.151 e. The van der Waals surface area contributed by atoms with Gasteiger partial charge in [-0.05, 0) is 31.8 Å². The predicted molar refractivity (Wildman–Crippen MR) is 86.0 cm³/mol. The molecule has 120 valence electrons. The van der Waals surface area contributed by atoms with Crippen molar-refractivity contribution < 1.29 is 4.52 Å². The van der Waals surface area contributed by atoms with E-state index >= 15 is 0 Å². The lowest BCUT2D eigenvalue weighted by Crippen LogP contribution is -2.35. The minimum absolute atomic E-state index is 0.665. The lowest BCUT2D eigenvalue weighted by Gasteiger charge is -2.32. The Bertz CT molecular complexity index is 396. The average Bonchev–Trinajstić information content (AvgIpc) is 2.93. The first-order valence-corrected chi connectivity index (χ1v) is 8.58. The number of rotatable bonds is 8. The van der Waals surface area contributed by atoms with Crippen molar-refractivity contribution in [3.63, 3.8) is 0 Å². The van der Waals surface area contributed by atoms with Gasteiger partial charge in [-0.15, -0.1) is 0 Å². The smallest absolute Gasteiger partial charge is 0.151 e. The molecule has 2 rings (SSSR count). The van der Waals surface area contributed by atoms with Crippen molar-refractivity contribution in [2.45, 2.75) is 72.0 Å². The average molecular weight is 293 g/mol. The molecule has 21 heavy (non-hydrogen) atoms. The molecule has 0 amide bonds. The third kappa shape index (κ3) is 5.44. The molecule has 0 radical (unpaired) electrons. The van der Waals surface area contributed by atoms with Crippen LogP contribution < -0.4 is 5.32 Å². The summed E-state index contributed by atoms with van der Waals surface area (Å²) in [4.78, 5) is 2.55. The van der Waals surface area contributed by atoms with E-state index in [1.54, 1.807) is 0 Å². The summed E-state index contributed by atoms with van der Waals surface area (Å²) < 4.78 is 5.51. The zero-order chi connectivity index (χ0) is 15.1. The van der Waals surface area contributed by atoms with E-state index in [0.717, 1.165) is 43.7 Å². The highest BCUT2D eigenvalue weighted by atomic mass is 16.5. The summed E-state index contributed by atoms with van der Waals surface area (Å²) in [5.41, 5.74) is 1.02. The van der Waals surface area contributed by atoms with Gasteiger partial charge >= 0.3 is 0 Å². The second-order valence-corrected chi connectivity index (χ2v) is 6.66. The minimum atomic E-state index is 0.665. The third-order valence-electron chi connectivity index (χ3n) is 4.32. The van der Waals surface area contributed by atoms with Gasteiger partial charge in [0.1, 0.15) is 0 Å². The van der Waals surface area contributed by atoms with Crippen LogP contribution in [0.4, 0.5) is 0 Å². The molecule has 1 N–H and O–H groups in total. The van der Waals surface area contributed by atoms with Gasteiger partial charge in [0.25, 0.3) is 0 Å². The van der Waals surface area contributed by atoms with Gasteiger partial charge in [-0.3, -0.25) is 4.90 Å². The van der Waals surface area contributed by atoms with E-state index in [2.05, 4.69) is 42.2 Å². The second kappa shape index (κ2) is 8.54. The summed E-state index contributed by atoms with van der Waals surface area (Å²) in [6.45, 7) is 10.5. The van der Waals surface area contributed by atoms with Crippen LogP contribution in [0.15, 0.2) is 10.6 Å². The minimum Gasteiger partial charge on any atom is -0.360 e. The van der Waals surface area contributed by atoms with E-state index in [1.807, 2.05) is 0 Å². The van der Waals surface area contributed by atoms with Gasteiger partial charge in [0.05, 0.1) is 12.2 Å². The standard InChI is InChI=1S/C17H31N3O/c1-4-20(16-8-6-5-7-9-16)13-17-10-15(19-21-17)12-18-11-14(2)3/h10,14,16,18H,4-9,11-13H2,1-3H3. The van der Waals surface area contributed by atoms with Gasteiger partial charge in [-0.25, -0.2) is 0 Å². The molecule has 0 saturated heterocycles. The molecule has 1 aromatic heterocycles. The van der Waals surface area contributed by atoms with E-state index < -0.39 is 0 Å². The van der Waals surface area contributed by atoms with Gasteiger partial charge in [-0.2, -0.15) is 0 Å². The topological polar surface area (TPSA) is 41.3 Å². The van der Waals surface area contributed by atoms with Crippen molar-refractivity contribution in [2.75, 3.05) is 13.1 Å². The number of nitrogens with one attached hydrogen (secondary N) is 1. The van der Waals surface area contributed by atoms with Crippen molar-refractivity contribution in [3.8, 4) is 0 Å². The molecule has 1 fully saturated rings. The first-order valence-electron chi connectivity index (χ1n) is 8.58. The van der Waals surface area contributed by atoms with E-state index in [9.17, 15) is 0 Å². The molecule has 0 atom stereocenters.